The van der Waals surface area contributed by atoms with Crippen molar-refractivity contribution in [1.82, 2.24) is 10.2 Å². The Bertz CT molecular complexity index is 795. The zero-order chi connectivity index (χ0) is 19.8. The first-order chi connectivity index (χ1) is 13.6. The second-order valence-electron chi connectivity index (χ2n) is 7.06. The van der Waals surface area contributed by atoms with Crippen LogP contribution in [-0.2, 0) is 4.79 Å². The molecular formula is C22H27N3O3. The van der Waals surface area contributed by atoms with Crippen molar-refractivity contribution >= 4 is 11.8 Å². The number of carbonyl (C=O) groups excluding carboxylic acids is 2. The van der Waals surface area contributed by atoms with Crippen molar-refractivity contribution in [3.05, 3.63) is 60.2 Å². The van der Waals surface area contributed by atoms with Crippen LogP contribution in [0.15, 0.2) is 54.6 Å². The number of para-hydroxylation sites is 2. The number of ether oxygens (including phenoxy) is 1. The fourth-order valence-electron chi connectivity index (χ4n) is 3.45. The summed E-state index contributed by atoms with van der Waals surface area (Å²) in [5.74, 6) is 0.807. The molecule has 1 saturated heterocycles. The van der Waals surface area contributed by atoms with Crippen LogP contribution >= 0.6 is 0 Å². The molecule has 2 amide bonds. The number of rotatable bonds is 8. The second kappa shape index (κ2) is 9.90. The molecule has 1 aliphatic rings. The predicted octanol–water partition coefficient (Wildman–Crippen LogP) is 2.80. The van der Waals surface area contributed by atoms with E-state index >= 15 is 0 Å². The molecule has 6 nitrogen and oxygen atoms in total. The molecule has 1 fully saturated rings. The molecule has 0 aliphatic carbocycles. The maximum absolute atomic E-state index is 12.6. The smallest absolute Gasteiger partial charge is 0.255 e. The third-order valence-corrected chi connectivity index (χ3v) is 4.95. The van der Waals surface area contributed by atoms with Gasteiger partial charge >= 0.3 is 0 Å². The normalized spacial score (nSPS) is 17.1. The van der Waals surface area contributed by atoms with Gasteiger partial charge < -0.3 is 20.7 Å². The van der Waals surface area contributed by atoms with E-state index in [4.69, 9.17) is 10.5 Å². The maximum atomic E-state index is 12.6. The van der Waals surface area contributed by atoms with Crippen LogP contribution in [0.25, 0.3) is 0 Å². The lowest BCUT2D eigenvalue weighted by Crippen LogP contribution is -2.42. The fourth-order valence-corrected chi connectivity index (χ4v) is 3.45. The first-order valence-electron chi connectivity index (χ1n) is 9.75. The zero-order valence-corrected chi connectivity index (χ0v) is 16.0. The van der Waals surface area contributed by atoms with E-state index in [0.29, 0.717) is 23.6 Å². The van der Waals surface area contributed by atoms with Crippen LogP contribution < -0.4 is 15.8 Å². The molecule has 1 unspecified atom stereocenters. The van der Waals surface area contributed by atoms with Gasteiger partial charge in [-0.15, -0.1) is 0 Å². The molecule has 0 spiro atoms. The van der Waals surface area contributed by atoms with Gasteiger partial charge in [0.05, 0.1) is 11.5 Å². The highest BCUT2D eigenvalue weighted by molar-refractivity contribution is 5.97. The highest BCUT2D eigenvalue weighted by Gasteiger charge is 2.23. The van der Waals surface area contributed by atoms with Crippen molar-refractivity contribution < 1.29 is 14.3 Å². The molecule has 1 atom stereocenters. The molecule has 0 saturated carbocycles. The van der Waals surface area contributed by atoms with Crippen LogP contribution in [0.5, 0.6) is 11.5 Å². The summed E-state index contributed by atoms with van der Waals surface area (Å²) in [5.41, 5.74) is 5.94. The summed E-state index contributed by atoms with van der Waals surface area (Å²) < 4.78 is 5.85. The Hall–Kier alpha value is -2.86. The zero-order valence-electron chi connectivity index (χ0n) is 16.0. The van der Waals surface area contributed by atoms with Crippen molar-refractivity contribution in [2.45, 2.75) is 19.3 Å². The maximum Gasteiger partial charge on any atom is 0.255 e. The predicted molar refractivity (Wildman–Crippen MR) is 108 cm³/mol. The molecule has 148 valence electrons. The van der Waals surface area contributed by atoms with Crippen LogP contribution in [0.3, 0.4) is 0 Å². The summed E-state index contributed by atoms with van der Waals surface area (Å²) in [6.07, 6.45) is 2.68. The Morgan fingerprint density at radius 2 is 1.86 bits per heavy atom. The molecule has 0 radical (unpaired) electrons. The van der Waals surface area contributed by atoms with Gasteiger partial charge in [0.15, 0.2) is 0 Å². The summed E-state index contributed by atoms with van der Waals surface area (Å²) in [7, 11) is 0. The van der Waals surface area contributed by atoms with Crippen molar-refractivity contribution in [1.29, 1.82) is 0 Å². The molecule has 2 aromatic rings. The average molecular weight is 381 g/mol. The number of hydrogen-bond acceptors (Lipinski definition) is 4. The Balaban J connectivity index is 1.48. The highest BCUT2D eigenvalue weighted by atomic mass is 16.5. The van der Waals surface area contributed by atoms with Crippen LogP contribution in [0.2, 0.25) is 0 Å². The van der Waals surface area contributed by atoms with Gasteiger partial charge in [-0.05, 0) is 56.6 Å². The minimum atomic E-state index is -0.215. The third kappa shape index (κ3) is 5.57. The lowest BCUT2D eigenvalue weighted by Gasteiger charge is -2.31. The van der Waals surface area contributed by atoms with Crippen molar-refractivity contribution in [3.8, 4) is 11.5 Å². The number of benzene rings is 2. The minimum Gasteiger partial charge on any atom is -0.457 e. The number of carbonyl (C=O) groups is 2. The van der Waals surface area contributed by atoms with Crippen molar-refractivity contribution in [3.63, 3.8) is 0 Å². The second-order valence-corrected chi connectivity index (χ2v) is 7.06. The molecular weight excluding hydrogens is 354 g/mol. The lowest BCUT2D eigenvalue weighted by atomic mass is 9.97. The molecule has 1 aliphatic heterocycles. The first kappa shape index (κ1) is 19.9. The number of nitrogens with zero attached hydrogens (tertiary/aromatic N) is 1. The standard InChI is InChI=1S/C22H27N3O3/c23-21(26)17-8-6-14-25(16-17)15-7-13-24-22(27)19-11-4-5-12-20(19)28-18-9-2-1-3-10-18/h1-5,9-12,17H,6-8,13-16H2,(H2,23,26)(H,24,27). The fraction of sp³-hybridized carbons (Fsp3) is 0.364. The van der Waals surface area contributed by atoms with Gasteiger partial charge in [0.2, 0.25) is 5.91 Å². The summed E-state index contributed by atoms with van der Waals surface area (Å²) in [6, 6.07) is 16.6. The van der Waals surface area contributed by atoms with Gasteiger partial charge in [-0.3, -0.25) is 9.59 Å². The molecule has 6 heteroatoms. The van der Waals surface area contributed by atoms with Crippen LogP contribution in [0, 0.1) is 5.92 Å². The molecule has 1 heterocycles. The Kier molecular flexibility index (Phi) is 7.03. The molecule has 3 N–H and O–H groups in total. The lowest BCUT2D eigenvalue weighted by molar-refractivity contribution is -0.123. The van der Waals surface area contributed by atoms with E-state index in [0.717, 1.165) is 38.9 Å². The quantitative estimate of drug-likeness (QED) is 0.689. The number of primary amides is 1. The van der Waals surface area contributed by atoms with Gasteiger partial charge in [-0.25, -0.2) is 0 Å². The third-order valence-electron chi connectivity index (χ3n) is 4.95. The molecule has 0 bridgehead atoms. The molecule has 2 aromatic carbocycles. The number of piperidine rings is 1. The Morgan fingerprint density at radius 3 is 2.64 bits per heavy atom. The number of likely N-dealkylation sites (tertiary alicyclic amines) is 1. The van der Waals surface area contributed by atoms with E-state index < -0.39 is 0 Å². The summed E-state index contributed by atoms with van der Waals surface area (Å²) in [4.78, 5) is 26.2. The number of nitrogens with one attached hydrogen (secondary N) is 1. The highest BCUT2D eigenvalue weighted by Crippen LogP contribution is 2.25. The number of hydrogen-bond donors (Lipinski definition) is 2. The molecule has 0 aromatic heterocycles. The summed E-state index contributed by atoms with van der Waals surface area (Å²) in [6.45, 7) is 3.10. The monoisotopic (exact) mass is 381 g/mol. The Morgan fingerprint density at radius 1 is 1.11 bits per heavy atom. The van der Waals surface area contributed by atoms with E-state index in [1.54, 1.807) is 12.1 Å². The number of nitrogens with two attached hydrogens (primary N) is 1. The van der Waals surface area contributed by atoms with Gasteiger partial charge in [-0.2, -0.15) is 0 Å². The first-order valence-corrected chi connectivity index (χ1v) is 9.75. The summed E-state index contributed by atoms with van der Waals surface area (Å²) >= 11 is 0. The van der Waals surface area contributed by atoms with E-state index in [9.17, 15) is 9.59 Å². The van der Waals surface area contributed by atoms with E-state index in [-0.39, 0.29) is 17.7 Å². The van der Waals surface area contributed by atoms with Gasteiger partial charge in [0.25, 0.3) is 5.91 Å². The molecule has 3 rings (SSSR count). The molecule has 28 heavy (non-hydrogen) atoms. The van der Waals surface area contributed by atoms with E-state index in [1.807, 2.05) is 42.5 Å². The minimum absolute atomic E-state index is 0.0506. The number of amides is 2. The summed E-state index contributed by atoms with van der Waals surface area (Å²) in [5, 5.41) is 2.96. The van der Waals surface area contributed by atoms with Gasteiger partial charge in [0.1, 0.15) is 11.5 Å². The van der Waals surface area contributed by atoms with E-state index in [2.05, 4.69) is 10.2 Å². The average Bonchev–Trinajstić information content (AvgIpc) is 2.72. The van der Waals surface area contributed by atoms with Crippen LogP contribution in [0.1, 0.15) is 29.6 Å². The van der Waals surface area contributed by atoms with Crippen LogP contribution in [-0.4, -0.2) is 42.9 Å². The van der Waals surface area contributed by atoms with E-state index in [1.165, 1.54) is 0 Å². The van der Waals surface area contributed by atoms with Gasteiger partial charge in [-0.1, -0.05) is 30.3 Å². The largest absolute Gasteiger partial charge is 0.457 e. The van der Waals surface area contributed by atoms with Crippen molar-refractivity contribution in [2.24, 2.45) is 11.7 Å². The van der Waals surface area contributed by atoms with Crippen LogP contribution in [0.4, 0.5) is 0 Å². The topological polar surface area (TPSA) is 84.7 Å². The van der Waals surface area contributed by atoms with Crippen molar-refractivity contribution in [2.75, 3.05) is 26.2 Å². The van der Waals surface area contributed by atoms with Gasteiger partial charge in [0, 0.05) is 13.1 Å². The SMILES string of the molecule is NC(=O)C1CCCN(CCCNC(=O)c2ccccc2Oc2ccccc2)C1. The Labute approximate surface area is 165 Å².